The second-order valence-electron chi connectivity index (χ2n) is 11.8. The summed E-state index contributed by atoms with van der Waals surface area (Å²) in [4.78, 5) is 24.8. The van der Waals surface area contributed by atoms with E-state index < -0.39 is 23.1 Å². The van der Waals surface area contributed by atoms with Crippen LogP contribution in [0.5, 0.6) is 0 Å². The molecule has 0 bridgehead atoms. The van der Waals surface area contributed by atoms with Gasteiger partial charge in [-0.05, 0) is 81.3 Å². The van der Waals surface area contributed by atoms with E-state index in [2.05, 4.69) is 60.1 Å². The highest BCUT2D eigenvalue weighted by atomic mass is 32.2. The average molecular weight is 569 g/mol. The fourth-order valence-corrected chi connectivity index (χ4v) is 6.99. The SMILES string of the molecule is CCOC(=O)[C@@H](N)C(C(C)C)C(C)C.CCOC(=O)[C@@H](NS(=O)c1c(C)cc(C)cc1C)C(C(C)C)C(C)C. The van der Waals surface area contributed by atoms with Crippen LogP contribution in [0, 0.1) is 56.3 Å². The van der Waals surface area contributed by atoms with E-state index in [0.29, 0.717) is 25.0 Å². The third-order valence-corrected chi connectivity index (χ3v) is 8.48. The van der Waals surface area contributed by atoms with Crippen LogP contribution in [0.2, 0.25) is 0 Å². The summed E-state index contributed by atoms with van der Waals surface area (Å²) in [7, 11) is -1.47. The number of aryl methyl sites for hydroxylation is 3. The van der Waals surface area contributed by atoms with E-state index >= 15 is 0 Å². The van der Waals surface area contributed by atoms with Crippen LogP contribution in [0.3, 0.4) is 0 Å². The van der Waals surface area contributed by atoms with Crippen molar-refractivity contribution >= 4 is 22.9 Å². The molecule has 0 spiro atoms. The molecule has 8 heteroatoms. The van der Waals surface area contributed by atoms with E-state index in [0.717, 1.165) is 21.6 Å². The summed E-state index contributed by atoms with van der Waals surface area (Å²) in [5, 5.41) is 0. The maximum atomic E-state index is 13.1. The van der Waals surface area contributed by atoms with Gasteiger partial charge in [-0.1, -0.05) is 73.1 Å². The van der Waals surface area contributed by atoms with Crippen LogP contribution in [0.1, 0.15) is 85.9 Å². The molecule has 7 nitrogen and oxygen atoms in total. The van der Waals surface area contributed by atoms with E-state index in [1.165, 1.54) is 0 Å². The molecule has 0 aliphatic rings. The molecule has 1 unspecified atom stereocenters. The summed E-state index contributed by atoms with van der Waals surface area (Å²) < 4.78 is 26.3. The normalized spacial score (nSPS) is 14.1. The van der Waals surface area contributed by atoms with Gasteiger partial charge in [0.2, 0.25) is 0 Å². The first kappa shape index (κ1) is 37.2. The lowest BCUT2D eigenvalue weighted by molar-refractivity contribution is -0.148. The van der Waals surface area contributed by atoms with E-state index in [4.69, 9.17) is 15.2 Å². The van der Waals surface area contributed by atoms with Crippen molar-refractivity contribution < 1.29 is 23.3 Å². The molecule has 0 aromatic heterocycles. The number of carbonyl (C=O) groups is 2. The van der Waals surface area contributed by atoms with Gasteiger partial charge < -0.3 is 15.2 Å². The van der Waals surface area contributed by atoms with Gasteiger partial charge in [-0.3, -0.25) is 9.59 Å². The molecule has 0 aliphatic heterocycles. The Morgan fingerprint density at radius 1 is 0.769 bits per heavy atom. The molecule has 0 aliphatic carbocycles. The summed E-state index contributed by atoms with van der Waals surface area (Å²) >= 11 is 0. The zero-order chi connectivity index (χ0) is 30.6. The highest BCUT2D eigenvalue weighted by molar-refractivity contribution is 7.83. The zero-order valence-electron chi connectivity index (χ0n) is 26.7. The minimum Gasteiger partial charge on any atom is -0.465 e. The van der Waals surface area contributed by atoms with Crippen LogP contribution >= 0.6 is 0 Å². The molecule has 3 N–H and O–H groups in total. The number of esters is 2. The molecule has 1 aromatic rings. The van der Waals surface area contributed by atoms with Crippen LogP contribution in [-0.2, 0) is 30.0 Å². The first-order valence-electron chi connectivity index (χ1n) is 14.4. The molecule has 226 valence electrons. The van der Waals surface area contributed by atoms with Crippen molar-refractivity contribution in [1.29, 1.82) is 0 Å². The van der Waals surface area contributed by atoms with Crippen LogP contribution in [0.25, 0.3) is 0 Å². The number of ether oxygens (including phenoxy) is 2. The first-order chi connectivity index (χ1) is 18.0. The highest BCUT2D eigenvalue weighted by Gasteiger charge is 2.35. The van der Waals surface area contributed by atoms with Gasteiger partial charge in [0.25, 0.3) is 0 Å². The van der Waals surface area contributed by atoms with Crippen molar-refractivity contribution in [1.82, 2.24) is 4.72 Å². The third-order valence-electron chi connectivity index (χ3n) is 7.00. The standard InChI is InChI=1S/C20H33NO3S.C11H23NO2/c1-9-24-20(22)18(17(12(2)3)13(4)5)21-25(23)19-15(7)10-14(6)11-16(19)8;1-6-14-11(13)10(12)9(7(2)3)8(4)5/h10-13,17-18,21H,9H2,1-8H3;7-10H,6,12H2,1-5H3/t18-,25?;10-/m00/s1. The molecule has 1 rings (SSSR count). The number of nitrogens with one attached hydrogen (secondary N) is 1. The zero-order valence-corrected chi connectivity index (χ0v) is 27.5. The first-order valence-corrected chi connectivity index (χ1v) is 15.5. The van der Waals surface area contributed by atoms with Crippen LogP contribution < -0.4 is 10.5 Å². The third kappa shape index (κ3) is 11.7. The number of nitrogens with two attached hydrogens (primary N) is 1. The molecule has 39 heavy (non-hydrogen) atoms. The van der Waals surface area contributed by atoms with Gasteiger partial charge in [-0.15, -0.1) is 0 Å². The van der Waals surface area contributed by atoms with Crippen molar-refractivity contribution in [3.05, 3.63) is 28.8 Å². The smallest absolute Gasteiger partial charge is 0.324 e. The van der Waals surface area contributed by atoms with E-state index in [1.54, 1.807) is 13.8 Å². The van der Waals surface area contributed by atoms with Crippen molar-refractivity contribution in [2.45, 2.75) is 107 Å². The Kier molecular flexibility index (Phi) is 17.0. The predicted molar refractivity (Wildman–Crippen MR) is 162 cm³/mol. The summed E-state index contributed by atoms with van der Waals surface area (Å²) in [6.45, 7) is 26.9. The lowest BCUT2D eigenvalue weighted by Crippen LogP contribution is -2.48. The Morgan fingerprint density at radius 2 is 1.15 bits per heavy atom. The molecule has 0 amide bonds. The van der Waals surface area contributed by atoms with Gasteiger partial charge >= 0.3 is 11.9 Å². The highest BCUT2D eigenvalue weighted by Crippen LogP contribution is 2.27. The fraction of sp³-hybridized carbons (Fsp3) is 0.742. The summed E-state index contributed by atoms with van der Waals surface area (Å²) in [5.41, 5.74) is 8.95. The van der Waals surface area contributed by atoms with Gasteiger partial charge in [0.15, 0.2) is 0 Å². The second kappa shape index (κ2) is 17.8. The van der Waals surface area contributed by atoms with Crippen molar-refractivity contribution in [3.63, 3.8) is 0 Å². The maximum Gasteiger partial charge on any atom is 0.324 e. The molecule has 0 saturated carbocycles. The topological polar surface area (TPSA) is 108 Å². The van der Waals surface area contributed by atoms with Crippen LogP contribution in [-0.4, -0.2) is 41.4 Å². The number of benzene rings is 1. The monoisotopic (exact) mass is 568 g/mol. The average Bonchev–Trinajstić information content (AvgIpc) is 2.77. The molecular formula is C31H56N2O5S. The molecule has 0 radical (unpaired) electrons. The molecule has 1 aromatic carbocycles. The lowest BCUT2D eigenvalue weighted by Gasteiger charge is -2.32. The molecule has 0 heterocycles. The second-order valence-corrected chi connectivity index (χ2v) is 12.9. The van der Waals surface area contributed by atoms with E-state index in [-0.39, 0.29) is 35.6 Å². The lowest BCUT2D eigenvalue weighted by atomic mass is 9.80. The summed E-state index contributed by atoms with van der Waals surface area (Å²) in [5.74, 6) is 0.940. The maximum absolute atomic E-state index is 13.1. The van der Waals surface area contributed by atoms with Crippen molar-refractivity contribution in [3.8, 4) is 0 Å². The molecule has 0 fully saturated rings. The summed E-state index contributed by atoms with van der Waals surface area (Å²) in [6.07, 6.45) is 0. The van der Waals surface area contributed by atoms with Gasteiger partial charge in [-0.25, -0.2) is 8.93 Å². The largest absolute Gasteiger partial charge is 0.465 e. The van der Waals surface area contributed by atoms with Crippen molar-refractivity contribution in [2.24, 2.45) is 41.2 Å². The van der Waals surface area contributed by atoms with Gasteiger partial charge in [0, 0.05) is 0 Å². The van der Waals surface area contributed by atoms with Gasteiger partial charge in [0.1, 0.15) is 23.1 Å². The number of hydrogen-bond acceptors (Lipinski definition) is 6. The molecule has 0 saturated heterocycles. The van der Waals surface area contributed by atoms with Gasteiger partial charge in [0.05, 0.1) is 18.1 Å². The fourth-order valence-electron chi connectivity index (χ4n) is 5.68. The van der Waals surface area contributed by atoms with E-state index in [9.17, 15) is 13.8 Å². The minimum absolute atomic E-state index is 0.0362. The Labute approximate surface area is 241 Å². The molecule has 3 atom stereocenters. The Balaban J connectivity index is 0.000000876. The Hall–Kier alpha value is -1.77. The van der Waals surface area contributed by atoms with Gasteiger partial charge in [-0.2, -0.15) is 0 Å². The predicted octanol–water partition coefficient (Wildman–Crippen LogP) is 5.89. The number of rotatable bonds is 13. The minimum atomic E-state index is -1.47. The van der Waals surface area contributed by atoms with Crippen molar-refractivity contribution in [2.75, 3.05) is 13.2 Å². The summed E-state index contributed by atoms with van der Waals surface area (Å²) in [6, 6.07) is 2.95. The van der Waals surface area contributed by atoms with Crippen LogP contribution in [0.15, 0.2) is 17.0 Å². The molecular weight excluding hydrogens is 512 g/mol. The van der Waals surface area contributed by atoms with Crippen LogP contribution in [0.4, 0.5) is 0 Å². The van der Waals surface area contributed by atoms with E-state index in [1.807, 2.05) is 32.9 Å². The Morgan fingerprint density at radius 3 is 1.51 bits per heavy atom. The quantitative estimate of drug-likeness (QED) is 0.287. The Bertz CT molecular complexity index is 891. The number of hydrogen-bond donors (Lipinski definition) is 2. The number of carbonyl (C=O) groups excluding carboxylic acids is 2.